The minimum Gasteiger partial charge on any atom is -0.493 e. The van der Waals surface area contributed by atoms with E-state index in [1.54, 1.807) is 11.0 Å². The number of fused-ring (bicyclic) bond motifs is 1. The van der Waals surface area contributed by atoms with Crippen LogP contribution in [0.5, 0.6) is 11.5 Å². The van der Waals surface area contributed by atoms with Crippen molar-refractivity contribution in [2.45, 2.75) is 45.3 Å². The molecule has 2 aliphatic heterocycles. The van der Waals surface area contributed by atoms with Gasteiger partial charge in [-0.15, -0.1) is 13.2 Å². The Balaban J connectivity index is 1.68. The maximum Gasteiger partial charge on any atom is 0.522 e. The molecule has 216 valence electrons. The second kappa shape index (κ2) is 13.3. The van der Waals surface area contributed by atoms with Crippen LogP contribution in [0.3, 0.4) is 0 Å². The standard InChI is InChI=1S/C27H35F3N2O7/c1-6-7-24(36-16-18(2)3)31-19(4)26-10-11-32(15-23(26)37-17-39-26)25(33)20-8-9-21(22(14-20)34-5)35-12-13-38-27(28,29)30/h6-9,14,18,23H,4,10-13,15-17H2,1-3,5H3/b7-6-,31-24?/t23?,26-/m1/s1. The van der Waals surface area contributed by atoms with Gasteiger partial charge < -0.3 is 28.6 Å². The van der Waals surface area contributed by atoms with Gasteiger partial charge in [0.2, 0.25) is 5.90 Å². The van der Waals surface area contributed by atoms with Crippen LogP contribution < -0.4 is 9.47 Å². The largest absolute Gasteiger partial charge is 0.522 e. The molecule has 0 aromatic heterocycles. The van der Waals surface area contributed by atoms with Crippen molar-refractivity contribution in [1.82, 2.24) is 4.90 Å². The second-order valence-corrected chi connectivity index (χ2v) is 9.42. The number of carbonyl (C=O) groups excluding carboxylic acids is 1. The van der Waals surface area contributed by atoms with Gasteiger partial charge >= 0.3 is 6.36 Å². The second-order valence-electron chi connectivity index (χ2n) is 9.42. The van der Waals surface area contributed by atoms with Crippen LogP contribution in [0, 0.1) is 5.92 Å². The topological polar surface area (TPSA) is 88.1 Å². The summed E-state index contributed by atoms with van der Waals surface area (Å²) in [5, 5.41) is 0. The smallest absolute Gasteiger partial charge is 0.493 e. The monoisotopic (exact) mass is 556 g/mol. The van der Waals surface area contributed by atoms with Gasteiger partial charge in [-0.1, -0.05) is 26.5 Å². The third-order valence-electron chi connectivity index (χ3n) is 6.16. The third kappa shape index (κ3) is 7.96. The third-order valence-corrected chi connectivity index (χ3v) is 6.16. The number of nitrogens with zero attached hydrogens (tertiary/aromatic N) is 2. The van der Waals surface area contributed by atoms with E-state index < -0.39 is 24.7 Å². The first-order valence-electron chi connectivity index (χ1n) is 12.6. The van der Waals surface area contributed by atoms with Gasteiger partial charge in [-0.3, -0.25) is 9.53 Å². The van der Waals surface area contributed by atoms with Gasteiger partial charge in [-0.05, 0) is 37.1 Å². The molecule has 1 amide bonds. The quantitative estimate of drug-likeness (QED) is 0.221. The highest BCUT2D eigenvalue weighted by atomic mass is 19.4. The lowest BCUT2D eigenvalue weighted by atomic mass is 9.85. The van der Waals surface area contributed by atoms with Crippen LogP contribution in [0.1, 0.15) is 37.6 Å². The number of ether oxygens (including phenoxy) is 6. The summed E-state index contributed by atoms with van der Waals surface area (Å²) in [6.07, 6.45) is -1.22. The highest BCUT2D eigenvalue weighted by Gasteiger charge is 2.52. The predicted octanol–water partition coefficient (Wildman–Crippen LogP) is 4.73. The number of benzene rings is 1. The first-order chi connectivity index (χ1) is 18.5. The molecule has 0 aliphatic carbocycles. The fourth-order valence-corrected chi connectivity index (χ4v) is 4.22. The van der Waals surface area contributed by atoms with Crippen LogP contribution in [0.25, 0.3) is 0 Å². The summed E-state index contributed by atoms with van der Waals surface area (Å²) in [6.45, 7) is 10.2. The molecular weight excluding hydrogens is 521 g/mol. The van der Waals surface area contributed by atoms with Crippen LogP contribution in [0.15, 0.2) is 47.6 Å². The van der Waals surface area contributed by atoms with Gasteiger partial charge in [-0.2, -0.15) is 0 Å². The van der Waals surface area contributed by atoms with E-state index >= 15 is 0 Å². The summed E-state index contributed by atoms with van der Waals surface area (Å²) in [6, 6.07) is 4.48. The summed E-state index contributed by atoms with van der Waals surface area (Å²) in [5.41, 5.74) is -0.100. The molecule has 1 unspecified atom stereocenters. The Morgan fingerprint density at radius 1 is 1.31 bits per heavy atom. The normalized spacial score (nSPS) is 21.8. The van der Waals surface area contributed by atoms with Crippen LogP contribution in [-0.4, -0.2) is 81.6 Å². The van der Waals surface area contributed by atoms with Gasteiger partial charge in [-0.25, -0.2) is 4.99 Å². The number of hydrogen-bond donors (Lipinski definition) is 0. The van der Waals surface area contributed by atoms with Crippen molar-refractivity contribution in [3.63, 3.8) is 0 Å². The molecule has 39 heavy (non-hydrogen) atoms. The Morgan fingerprint density at radius 3 is 2.74 bits per heavy atom. The average molecular weight is 557 g/mol. The molecule has 1 aromatic rings. The number of alkyl halides is 3. The van der Waals surface area contributed by atoms with Crippen LogP contribution in [0.4, 0.5) is 13.2 Å². The fourth-order valence-electron chi connectivity index (χ4n) is 4.22. The maximum absolute atomic E-state index is 13.3. The number of halogens is 3. The zero-order valence-electron chi connectivity index (χ0n) is 22.6. The maximum atomic E-state index is 13.3. The highest BCUT2D eigenvalue weighted by molar-refractivity contribution is 5.95. The highest BCUT2D eigenvalue weighted by Crippen LogP contribution is 2.40. The summed E-state index contributed by atoms with van der Waals surface area (Å²) < 4.78 is 68.4. The zero-order valence-corrected chi connectivity index (χ0v) is 22.6. The molecule has 2 atom stereocenters. The van der Waals surface area contributed by atoms with Gasteiger partial charge in [0, 0.05) is 18.5 Å². The van der Waals surface area contributed by atoms with Crippen molar-refractivity contribution in [2.75, 3.05) is 46.8 Å². The predicted molar refractivity (Wildman–Crippen MR) is 137 cm³/mol. The molecule has 0 radical (unpaired) electrons. The molecule has 3 rings (SSSR count). The summed E-state index contributed by atoms with van der Waals surface area (Å²) >= 11 is 0. The Hall–Kier alpha value is -3.09. The van der Waals surface area contributed by atoms with E-state index in [1.165, 1.54) is 25.3 Å². The summed E-state index contributed by atoms with van der Waals surface area (Å²) in [5.74, 6) is 0.879. The van der Waals surface area contributed by atoms with Crippen molar-refractivity contribution in [3.8, 4) is 11.5 Å². The lowest BCUT2D eigenvalue weighted by Crippen LogP contribution is -2.56. The summed E-state index contributed by atoms with van der Waals surface area (Å²) in [7, 11) is 1.38. The Bertz CT molecular complexity index is 1070. The van der Waals surface area contributed by atoms with Gasteiger partial charge in [0.25, 0.3) is 5.91 Å². The van der Waals surface area contributed by atoms with E-state index in [1.807, 2.05) is 26.8 Å². The molecule has 2 aliphatic rings. The van der Waals surface area contributed by atoms with Gasteiger partial charge in [0.15, 0.2) is 11.5 Å². The van der Waals surface area contributed by atoms with E-state index in [9.17, 15) is 18.0 Å². The van der Waals surface area contributed by atoms with E-state index in [-0.39, 0.29) is 37.4 Å². The lowest BCUT2D eigenvalue weighted by molar-refractivity contribution is -0.325. The van der Waals surface area contributed by atoms with Crippen LogP contribution >= 0.6 is 0 Å². The van der Waals surface area contributed by atoms with E-state index in [0.717, 1.165) is 0 Å². The lowest BCUT2D eigenvalue weighted by Gasteiger charge is -2.41. The number of carbonyl (C=O) groups is 1. The molecule has 12 heteroatoms. The minimum atomic E-state index is -4.74. The number of piperidine rings is 1. The molecular formula is C27H35F3N2O7. The minimum absolute atomic E-state index is 0.0466. The fraction of sp³-hybridized carbons (Fsp3) is 0.556. The molecule has 2 fully saturated rings. The van der Waals surface area contributed by atoms with Crippen LogP contribution in [-0.2, 0) is 18.9 Å². The van der Waals surface area contributed by atoms with Crippen molar-refractivity contribution >= 4 is 11.8 Å². The molecule has 2 saturated heterocycles. The molecule has 2 heterocycles. The summed E-state index contributed by atoms with van der Waals surface area (Å²) in [4.78, 5) is 19.6. The number of hydrogen-bond acceptors (Lipinski definition) is 8. The van der Waals surface area contributed by atoms with Crippen molar-refractivity contribution in [2.24, 2.45) is 10.9 Å². The number of likely N-dealkylation sites (tertiary alicyclic amines) is 1. The Kier molecular flexibility index (Phi) is 10.4. The van der Waals surface area contributed by atoms with Crippen LogP contribution in [0.2, 0.25) is 0 Å². The van der Waals surface area contributed by atoms with E-state index in [2.05, 4.69) is 16.3 Å². The number of aliphatic imine (C=N–C) groups is 1. The van der Waals surface area contributed by atoms with Crippen molar-refractivity contribution in [3.05, 3.63) is 48.2 Å². The Labute approximate surface area is 226 Å². The molecule has 0 spiro atoms. The van der Waals surface area contributed by atoms with Gasteiger partial charge in [0.1, 0.15) is 25.1 Å². The SMILES string of the molecule is C=C(N=C(/C=C\C)OCC(C)C)[C@]12CCN(C(=O)c3ccc(OCCOC(F)(F)F)c(OC)c3)CC1OCO2. The molecule has 0 N–H and O–H groups in total. The number of allylic oxidation sites excluding steroid dienone is 1. The first kappa shape index (κ1) is 30.5. The van der Waals surface area contributed by atoms with Crippen molar-refractivity contribution < 1.29 is 46.4 Å². The van der Waals surface area contributed by atoms with Crippen molar-refractivity contribution in [1.29, 1.82) is 0 Å². The van der Waals surface area contributed by atoms with E-state index in [0.29, 0.717) is 42.6 Å². The number of rotatable bonds is 11. The average Bonchev–Trinajstić information content (AvgIpc) is 3.33. The molecule has 0 saturated carbocycles. The van der Waals surface area contributed by atoms with E-state index in [4.69, 9.17) is 23.7 Å². The molecule has 1 aromatic carbocycles. The number of methoxy groups -OCH3 is 1. The van der Waals surface area contributed by atoms with Gasteiger partial charge in [0.05, 0.1) is 32.6 Å². The number of amides is 1. The zero-order chi connectivity index (χ0) is 28.6. The molecule has 0 bridgehead atoms. The first-order valence-corrected chi connectivity index (χ1v) is 12.6. The Morgan fingerprint density at radius 2 is 2.08 bits per heavy atom. The molecule has 9 nitrogen and oxygen atoms in total.